The Morgan fingerprint density at radius 2 is 1.89 bits per heavy atom. The van der Waals surface area contributed by atoms with E-state index in [0.29, 0.717) is 0 Å². The maximum Gasteiger partial charge on any atom is 0.244 e. The number of ketones is 1. The first-order valence-electron chi connectivity index (χ1n) is 5.56. The maximum absolute atomic E-state index is 11.6. The summed E-state index contributed by atoms with van der Waals surface area (Å²) in [4.78, 5) is 43.2. The molecule has 0 N–H and O–H groups in total. The minimum Gasteiger partial charge on any atom is -0.295 e. The number of carbonyl (C=O) groups excluding carboxylic acids is 2. The number of Topliss-reactive ketones (excluding diaryl/α,β-unsaturated/α-hetero) is 1. The zero-order chi connectivity index (χ0) is 15.0. The third kappa shape index (κ3) is 2.25. The molecular formula is C11H14N2O6. The fraction of sp³-hybridized carbons (Fsp3) is 0.636. The van der Waals surface area contributed by atoms with E-state index < -0.39 is 39.0 Å². The summed E-state index contributed by atoms with van der Waals surface area (Å²) in [6, 6.07) is 0. The fourth-order valence-corrected chi connectivity index (χ4v) is 2.83. The molecule has 104 valence electrons. The molecule has 3 atom stereocenters. The van der Waals surface area contributed by atoms with Crippen molar-refractivity contribution in [2.24, 2.45) is 5.92 Å². The highest BCUT2D eigenvalue weighted by Crippen LogP contribution is 2.42. The molecule has 0 saturated heterocycles. The molecule has 1 aliphatic carbocycles. The normalized spacial score (nSPS) is 34.3. The Bertz CT molecular complexity index is 499. The van der Waals surface area contributed by atoms with Gasteiger partial charge in [0.25, 0.3) is 0 Å². The van der Waals surface area contributed by atoms with Crippen LogP contribution in [0, 0.1) is 26.1 Å². The van der Waals surface area contributed by atoms with Crippen LogP contribution >= 0.6 is 0 Å². The molecule has 0 heterocycles. The first kappa shape index (κ1) is 14.9. The molecule has 0 radical (unpaired) electrons. The van der Waals surface area contributed by atoms with Crippen molar-refractivity contribution in [2.45, 2.75) is 38.3 Å². The number of carbonyl (C=O) groups is 2. The van der Waals surface area contributed by atoms with Crippen molar-refractivity contribution in [1.29, 1.82) is 0 Å². The van der Waals surface area contributed by atoms with Gasteiger partial charge in [-0.25, -0.2) is 0 Å². The van der Waals surface area contributed by atoms with E-state index in [1.807, 2.05) is 0 Å². The average molecular weight is 270 g/mol. The highest BCUT2D eigenvalue weighted by molar-refractivity contribution is 6.27. The monoisotopic (exact) mass is 270 g/mol. The van der Waals surface area contributed by atoms with Crippen molar-refractivity contribution in [3.63, 3.8) is 0 Å². The number of hydrogen-bond donors (Lipinski definition) is 0. The van der Waals surface area contributed by atoms with Gasteiger partial charge in [0, 0.05) is 23.7 Å². The van der Waals surface area contributed by atoms with E-state index in [1.165, 1.54) is 19.9 Å². The maximum atomic E-state index is 11.6. The van der Waals surface area contributed by atoms with Gasteiger partial charge >= 0.3 is 0 Å². The molecule has 0 aromatic rings. The van der Waals surface area contributed by atoms with Crippen molar-refractivity contribution in [2.75, 3.05) is 0 Å². The smallest absolute Gasteiger partial charge is 0.244 e. The quantitative estimate of drug-likeness (QED) is 0.245. The van der Waals surface area contributed by atoms with E-state index in [4.69, 9.17) is 0 Å². The van der Waals surface area contributed by atoms with Gasteiger partial charge < -0.3 is 0 Å². The van der Waals surface area contributed by atoms with Gasteiger partial charge in [-0.2, -0.15) is 0 Å². The number of aldehydes is 1. The van der Waals surface area contributed by atoms with E-state index in [9.17, 15) is 29.8 Å². The Hall–Kier alpha value is -2.12. The molecule has 1 aliphatic rings. The van der Waals surface area contributed by atoms with Gasteiger partial charge in [0.1, 0.15) is 5.92 Å². The Morgan fingerprint density at radius 3 is 2.26 bits per heavy atom. The van der Waals surface area contributed by atoms with E-state index in [-0.39, 0.29) is 11.9 Å². The molecule has 0 amide bonds. The molecule has 8 heteroatoms. The summed E-state index contributed by atoms with van der Waals surface area (Å²) in [7, 11) is 0. The predicted molar refractivity (Wildman–Crippen MR) is 63.7 cm³/mol. The van der Waals surface area contributed by atoms with E-state index in [0.717, 1.165) is 6.92 Å². The van der Waals surface area contributed by atoms with Crippen LogP contribution in [-0.2, 0) is 9.59 Å². The zero-order valence-corrected chi connectivity index (χ0v) is 10.8. The van der Waals surface area contributed by atoms with Crippen LogP contribution in [0.4, 0.5) is 0 Å². The van der Waals surface area contributed by atoms with Crippen molar-refractivity contribution < 1.29 is 19.4 Å². The molecule has 0 aromatic heterocycles. The van der Waals surface area contributed by atoms with Crippen LogP contribution in [0.3, 0.4) is 0 Å². The van der Waals surface area contributed by atoms with Crippen LogP contribution in [0.25, 0.3) is 0 Å². The van der Waals surface area contributed by atoms with Crippen molar-refractivity contribution >= 4 is 12.1 Å². The molecule has 0 fully saturated rings. The summed E-state index contributed by atoms with van der Waals surface area (Å²) >= 11 is 0. The number of nitrogens with zero attached hydrogens (tertiary/aromatic N) is 2. The second-order valence-corrected chi connectivity index (χ2v) is 5.25. The molecule has 3 unspecified atom stereocenters. The third-order valence-electron chi connectivity index (χ3n) is 3.57. The topological polar surface area (TPSA) is 120 Å². The van der Waals surface area contributed by atoms with Crippen LogP contribution in [0.2, 0.25) is 0 Å². The van der Waals surface area contributed by atoms with Gasteiger partial charge in [-0.05, 0) is 13.0 Å². The van der Waals surface area contributed by atoms with Crippen molar-refractivity contribution in [3.05, 3.63) is 31.9 Å². The van der Waals surface area contributed by atoms with E-state index in [2.05, 4.69) is 0 Å². The van der Waals surface area contributed by atoms with Gasteiger partial charge in [0.15, 0.2) is 6.29 Å². The summed E-state index contributed by atoms with van der Waals surface area (Å²) in [5, 5.41) is 22.3. The lowest BCUT2D eigenvalue weighted by Gasteiger charge is -2.36. The first-order chi connectivity index (χ1) is 8.58. The number of rotatable bonds is 4. The minimum atomic E-state index is -1.86. The Balaban J connectivity index is 3.47. The molecular weight excluding hydrogens is 256 g/mol. The third-order valence-corrected chi connectivity index (χ3v) is 3.57. The molecule has 0 spiro atoms. The lowest BCUT2D eigenvalue weighted by Crippen LogP contribution is -2.56. The Kier molecular flexibility index (Phi) is 3.56. The van der Waals surface area contributed by atoms with Gasteiger partial charge in [-0.3, -0.25) is 29.8 Å². The van der Waals surface area contributed by atoms with Crippen LogP contribution in [0.1, 0.15) is 27.2 Å². The predicted octanol–water partition coefficient (Wildman–Crippen LogP) is 0.791. The molecule has 0 bridgehead atoms. The summed E-state index contributed by atoms with van der Waals surface area (Å²) in [5.41, 5.74) is -3.30. The van der Waals surface area contributed by atoms with Crippen molar-refractivity contribution in [1.82, 2.24) is 0 Å². The van der Waals surface area contributed by atoms with Crippen molar-refractivity contribution in [3.8, 4) is 0 Å². The molecule has 0 aliphatic heterocycles. The van der Waals surface area contributed by atoms with Gasteiger partial charge in [-0.15, -0.1) is 0 Å². The highest BCUT2D eigenvalue weighted by Gasteiger charge is 2.60. The van der Waals surface area contributed by atoms with Crippen LogP contribution in [0.5, 0.6) is 0 Å². The van der Waals surface area contributed by atoms with Crippen LogP contribution in [0.15, 0.2) is 11.6 Å². The largest absolute Gasteiger partial charge is 0.295 e. The lowest BCUT2D eigenvalue weighted by atomic mass is 9.66. The molecule has 0 aromatic carbocycles. The number of nitro groups is 2. The highest BCUT2D eigenvalue weighted by atomic mass is 16.6. The Labute approximate surface area is 108 Å². The molecule has 1 rings (SSSR count). The van der Waals surface area contributed by atoms with E-state index in [1.54, 1.807) is 0 Å². The molecule has 0 saturated carbocycles. The molecule has 8 nitrogen and oxygen atoms in total. The molecule has 19 heavy (non-hydrogen) atoms. The summed E-state index contributed by atoms with van der Waals surface area (Å²) in [6.45, 7) is 3.83. The van der Waals surface area contributed by atoms with Crippen LogP contribution < -0.4 is 0 Å². The van der Waals surface area contributed by atoms with Crippen LogP contribution in [-0.4, -0.2) is 33.0 Å². The van der Waals surface area contributed by atoms with Gasteiger partial charge in [0.2, 0.25) is 16.9 Å². The van der Waals surface area contributed by atoms with E-state index >= 15 is 0 Å². The summed E-state index contributed by atoms with van der Waals surface area (Å²) in [5.74, 6) is -2.19. The second-order valence-electron chi connectivity index (χ2n) is 5.25. The average Bonchev–Trinajstić information content (AvgIpc) is 2.27. The minimum absolute atomic E-state index is 0.0264. The summed E-state index contributed by atoms with van der Waals surface area (Å²) < 4.78 is 0. The second kappa shape index (κ2) is 4.52. The number of hydrogen-bond acceptors (Lipinski definition) is 6. The van der Waals surface area contributed by atoms with Gasteiger partial charge in [-0.1, -0.05) is 5.57 Å². The lowest BCUT2D eigenvalue weighted by molar-refractivity contribution is -0.608. The fourth-order valence-electron chi connectivity index (χ4n) is 2.83. The SMILES string of the molecule is CC1=CC(C)([N+](=O)[O-])CC(C)([N+](=O)[O-])C1C(=O)C=O. The van der Waals surface area contributed by atoms with Gasteiger partial charge in [0.05, 0.1) is 6.42 Å². The standard InChI is InChI=1S/C11H14N2O6/c1-7-4-10(2,12(16)17)6-11(3,13(18)19)9(7)8(15)5-14/h4-5,9H,6H2,1-3H3. The summed E-state index contributed by atoms with van der Waals surface area (Å²) in [6.07, 6.45) is 0.810. The zero-order valence-electron chi connectivity index (χ0n) is 10.8. The first-order valence-corrected chi connectivity index (χ1v) is 5.56. The Morgan fingerprint density at radius 1 is 1.37 bits per heavy atom.